The molecule has 0 spiro atoms. The van der Waals surface area contributed by atoms with Gasteiger partial charge in [-0.1, -0.05) is 6.92 Å². The average molecular weight is 206 g/mol. The first-order chi connectivity index (χ1) is 7.19. The Balaban J connectivity index is 2.87. The van der Waals surface area contributed by atoms with Crippen LogP contribution < -0.4 is 10.6 Å². The molecule has 0 bridgehead atoms. The van der Waals surface area contributed by atoms with Gasteiger partial charge in [0.25, 0.3) is 0 Å². The normalized spacial score (nSPS) is 9.67. The van der Waals surface area contributed by atoms with Crippen molar-refractivity contribution in [3.63, 3.8) is 0 Å². The molecule has 2 N–H and O–H groups in total. The zero-order chi connectivity index (χ0) is 11.3. The Hall–Kier alpha value is -1.84. The minimum absolute atomic E-state index is 0.197. The molecular formula is C11H14N2O2. The van der Waals surface area contributed by atoms with Gasteiger partial charge in [-0.25, -0.2) is 0 Å². The van der Waals surface area contributed by atoms with Crippen LogP contribution in [0, 0.1) is 0 Å². The Morgan fingerprint density at radius 2 is 2.00 bits per heavy atom. The van der Waals surface area contributed by atoms with E-state index >= 15 is 0 Å². The van der Waals surface area contributed by atoms with Crippen LogP contribution in [-0.2, 0) is 9.59 Å². The van der Waals surface area contributed by atoms with Gasteiger partial charge in [-0.05, 0) is 30.7 Å². The largest absolute Gasteiger partial charge is 0.399 e. The minimum Gasteiger partial charge on any atom is -0.399 e. The number of hydrogen-bond acceptors (Lipinski definition) is 3. The maximum absolute atomic E-state index is 11.5. The summed E-state index contributed by atoms with van der Waals surface area (Å²) in [4.78, 5) is 23.4. The first-order valence-electron chi connectivity index (χ1n) is 4.82. The van der Waals surface area contributed by atoms with E-state index in [-0.39, 0.29) is 5.91 Å². The van der Waals surface area contributed by atoms with E-state index in [1.807, 2.05) is 6.92 Å². The molecule has 1 aromatic rings. The van der Waals surface area contributed by atoms with Gasteiger partial charge in [-0.2, -0.15) is 0 Å². The van der Waals surface area contributed by atoms with Crippen LogP contribution in [0.5, 0.6) is 0 Å². The molecule has 1 rings (SSSR count). The van der Waals surface area contributed by atoms with Crippen molar-refractivity contribution in [3.05, 3.63) is 24.3 Å². The van der Waals surface area contributed by atoms with Crippen LogP contribution in [0.3, 0.4) is 0 Å². The topological polar surface area (TPSA) is 63.4 Å². The number of hydrogen-bond donors (Lipinski definition) is 1. The second-order valence-corrected chi connectivity index (χ2v) is 3.21. The van der Waals surface area contributed by atoms with Crippen LogP contribution in [0.25, 0.3) is 0 Å². The predicted molar refractivity (Wildman–Crippen MR) is 59.3 cm³/mol. The van der Waals surface area contributed by atoms with Gasteiger partial charge in [0.1, 0.15) is 0 Å². The summed E-state index contributed by atoms with van der Waals surface area (Å²) >= 11 is 0. The SMILES string of the molecule is CCCC(=O)N(C=O)c1ccc(N)cc1. The molecule has 0 heterocycles. The number of imide groups is 1. The fourth-order valence-electron chi connectivity index (χ4n) is 1.23. The summed E-state index contributed by atoms with van der Waals surface area (Å²) in [6.07, 6.45) is 1.62. The zero-order valence-electron chi connectivity index (χ0n) is 8.64. The number of anilines is 2. The monoisotopic (exact) mass is 206 g/mol. The number of carbonyl (C=O) groups excluding carboxylic acids is 2. The van der Waals surface area contributed by atoms with Gasteiger partial charge in [0, 0.05) is 12.1 Å². The lowest BCUT2D eigenvalue weighted by Gasteiger charge is -2.14. The third-order valence-corrected chi connectivity index (χ3v) is 2.01. The lowest BCUT2D eigenvalue weighted by molar-refractivity contribution is -0.121. The molecule has 0 saturated heterocycles. The predicted octanol–water partition coefficient (Wildman–Crippen LogP) is 1.56. The summed E-state index contributed by atoms with van der Waals surface area (Å²) in [7, 11) is 0. The van der Waals surface area contributed by atoms with Crippen LogP contribution in [0.15, 0.2) is 24.3 Å². The number of benzene rings is 1. The van der Waals surface area contributed by atoms with Gasteiger partial charge in [0.2, 0.25) is 12.3 Å². The van der Waals surface area contributed by atoms with E-state index in [2.05, 4.69) is 0 Å². The molecule has 4 nitrogen and oxygen atoms in total. The molecule has 0 radical (unpaired) electrons. The van der Waals surface area contributed by atoms with Crippen molar-refractivity contribution in [1.29, 1.82) is 0 Å². The Morgan fingerprint density at radius 3 is 2.47 bits per heavy atom. The van der Waals surface area contributed by atoms with E-state index in [4.69, 9.17) is 5.73 Å². The third-order valence-electron chi connectivity index (χ3n) is 2.01. The highest BCUT2D eigenvalue weighted by atomic mass is 16.2. The van der Waals surface area contributed by atoms with Gasteiger partial charge < -0.3 is 5.73 Å². The third kappa shape index (κ3) is 2.80. The summed E-state index contributed by atoms with van der Waals surface area (Å²) < 4.78 is 0. The number of nitrogens with two attached hydrogens (primary N) is 1. The first-order valence-corrected chi connectivity index (χ1v) is 4.82. The molecule has 0 aliphatic rings. The van der Waals surface area contributed by atoms with Crippen LogP contribution in [0.4, 0.5) is 11.4 Å². The summed E-state index contributed by atoms with van der Waals surface area (Å²) in [6, 6.07) is 6.62. The Labute approximate surface area is 88.7 Å². The molecule has 0 aliphatic carbocycles. The van der Waals surface area contributed by atoms with E-state index in [9.17, 15) is 9.59 Å². The van der Waals surface area contributed by atoms with Crippen molar-refractivity contribution in [2.75, 3.05) is 10.6 Å². The molecule has 0 saturated carbocycles. The lowest BCUT2D eigenvalue weighted by atomic mass is 10.2. The Bertz CT molecular complexity index is 346. The smallest absolute Gasteiger partial charge is 0.233 e. The molecule has 0 unspecified atom stereocenters. The molecule has 4 heteroatoms. The number of nitrogen functional groups attached to an aromatic ring is 1. The summed E-state index contributed by atoms with van der Waals surface area (Å²) in [5, 5.41) is 0. The Morgan fingerprint density at radius 1 is 1.40 bits per heavy atom. The molecule has 0 aliphatic heterocycles. The van der Waals surface area contributed by atoms with Crippen molar-refractivity contribution >= 4 is 23.7 Å². The molecule has 15 heavy (non-hydrogen) atoms. The Kier molecular flexibility index (Phi) is 3.85. The highest BCUT2D eigenvalue weighted by Crippen LogP contribution is 2.16. The van der Waals surface area contributed by atoms with Crippen molar-refractivity contribution in [3.8, 4) is 0 Å². The summed E-state index contributed by atoms with van der Waals surface area (Å²) in [6.45, 7) is 1.89. The lowest BCUT2D eigenvalue weighted by Crippen LogP contribution is -2.28. The first kappa shape index (κ1) is 11.2. The van der Waals surface area contributed by atoms with Crippen LogP contribution in [-0.4, -0.2) is 12.3 Å². The molecule has 0 atom stereocenters. The highest BCUT2D eigenvalue weighted by Gasteiger charge is 2.13. The van der Waals surface area contributed by atoms with Crippen molar-refractivity contribution < 1.29 is 9.59 Å². The van der Waals surface area contributed by atoms with Gasteiger partial charge in [0.15, 0.2) is 0 Å². The fraction of sp³-hybridized carbons (Fsp3) is 0.273. The maximum atomic E-state index is 11.5. The van der Waals surface area contributed by atoms with E-state index in [1.54, 1.807) is 24.3 Å². The second kappa shape index (κ2) is 5.14. The van der Waals surface area contributed by atoms with E-state index in [0.717, 1.165) is 11.3 Å². The van der Waals surface area contributed by atoms with E-state index < -0.39 is 0 Å². The molecule has 2 amide bonds. The van der Waals surface area contributed by atoms with Gasteiger partial charge in [0.05, 0.1) is 5.69 Å². The van der Waals surface area contributed by atoms with Gasteiger partial charge in [-0.3, -0.25) is 14.5 Å². The van der Waals surface area contributed by atoms with Crippen LogP contribution >= 0.6 is 0 Å². The quantitative estimate of drug-likeness (QED) is 0.600. The van der Waals surface area contributed by atoms with Gasteiger partial charge >= 0.3 is 0 Å². The van der Waals surface area contributed by atoms with Crippen molar-refractivity contribution in [2.45, 2.75) is 19.8 Å². The van der Waals surface area contributed by atoms with E-state index in [0.29, 0.717) is 24.2 Å². The van der Waals surface area contributed by atoms with Crippen LogP contribution in [0.2, 0.25) is 0 Å². The molecule has 80 valence electrons. The van der Waals surface area contributed by atoms with Gasteiger partial charge in [-0.15, -0.1) is 0 Å². The number of carbonyl (C=O) groups is 2. The summed E-state index contributed by atoms with van der Waals surface area (Å²) in [5.41, 5.74) is 6.67. The second-order valence-electron chi connectivity index (χ2n) is 3.21. The highest BCUT2D eigenvalue weighted by molar-refractivity contribution is 6.06. The fourth-order valence-corrected chi connectivity index (χ4v) is 1.23. The van der Waals surface area contributed by atoms with E-state index in [1.165, 1.54) is 0 Å². The molecule has 1 aromatic carbocycles. The molecule has 0 fully saturated rings. The van der Waals surface area contributed by atoms with Crippen molar-refractivity contribution in [1.82, 2.24) is 0 Å². The number of nitrogens with zero attached hydrogens (tertiary/aromatic N) is 1. The number of amides is 2. The molecular weight excluding hydrogens is 192 g/mol. The van der Waals surface area contributed by atoms with Crippen LogP contribution in [0.1, 0.15) is 19.8 Å². The zero-order valence-corrected chi connectivity index (χ0v) is 8.64. The van der Waals surface area contributed by atoms with Crippen molar-refractivity contribution in [2.24, 2.45) is 0 Å². The molecule has 0 aromatic heterocycles. The summed E-state index contributed by atoms with van der Waals surface area (Å²) in [5.74, 6) is -0.197. The maximum Gasteiger partial charge on any atom is 0.233 e. The average Bonchev–Trinajstić information content (AvgIpc) is 2.22. The standard InChI is InChI=1S/C11H14N2O2/c1-2-3-11(15)13(8-14)10-6-4-9(12)5-7-10/h4-8H,2-3,12H2,1H3. The minimum atomic E-state index is -0.197. The number of rotatable bonds is 4.